The molecule has 1 aliphatic carbocycles. The Morgan fingerprint density at radius 1 is 1.40 bits per heavy atom. The molecule has 0 saturated heterocycles. The molecule has 1 atom stereocenters. The number of nitrogens with zero attached hydrogens (tertiary/aromatic N) is 1. The molecule has 0 aliphatic heterocycles. The van der Waals surface area contributed by atoms with Crippen LogP contribution in [-0.2, 0) is 0 Å². The first-order chi connectivity index (χ1) is 4.49. The van der Waals surface area contributed by atoms with Crippen LogP contribution in [0.2, 0.25) is 0 Å². The largest absolute Gasteiger partial charge is 0.387 e. The minimum atomic E-state index is -0.0556. The number of aliphatic hydroxyl groups is 1. The van der Waals surface area contributed by atoms with Crippen molar-refractivity contribution in [3.05, 3.63) is 0 Å². The maximum Gasteiger partial charge on any atom is 0.106 e. The molecule has 60 valence electrons. The Labute approximate surface area is 63.1 Å². The van der Waals surface area contributed by atoms with E-state index >= 15 is 0 Å². The second kappa shape index (κ2) is 2.51. The second-order valence-electron chi connectivity index (χ2n) is 4.38. The lowest BCUT2D eigenvalue weighted by Gasteiger charge is -2.26. The molecule has 0 bridgehead atoms. The van der Waals surface area contributed by atoms with E-state index in [4.69, 9.17) is 0 Å². The highest BCUT2D eigenvalue weighted by Crippen LogP contribution is 2.32. The van der Waals surface area contributed by atoms with E-state index in [2.05, 4.69) is 21.1 Å². The first kappa shape index (κ1) is 8.02. The number of likely N-dealkylation sites (N-methyl/N-ethyl adjacent to an activating group) is 1. The molecule has 0 aromatic carbocycles. The van der Waals surface area contributed by atoms with Gasteiger partial charge in [-0.1, -0.05) is 0 Å². The summed E-state index contributed by atoms with van der Waals surface area (Å²) in [6.45, 7) is 0.894. The maximum atomic E-state index is 9.51. The van der Waals surface area contributed by atoms with Gasteiger partial charge < -0.3 is 9.59 Å². The topological polar surface area (TPSA) is 20.2 Å². The zero-order valence-electron chi connectivity index (χ0n) is 7.17. The third kappa shape index (κ3) is 2.67. The molecule has 1 unspecified atom stereocenters. The lowest BCUT2D eigenvalue weighted by Crippen LogP contribution is -2.42. The molecule has 2 heteroatoms. The predicted octanol–water partition coefficient (Wildman–Crippen LogP) is 0.463. The SMILES string of the molecule is C[N+](C)(C)CC(O)C1CC1. The van der Waals surface area contributed by atoms with Gasteiger partial charge in [-0.3, -0.25) is 0 Å². The van der Waals surface area contributed by atoms with Crippen LogP contribution in [0.25, 0.3) is 0 Å². The van der Waals surface area contributed by atoms with E-state index < -0.39 is 0 Å². The summed E-state index contributed by atoms with van der Waals surface area (Å²) in [5.41, 5.74) is 0. The third-order valence-electron chi connectivity index (χ3n) is 1.90. The molecular weight excluding hydrogens is 126 g/mol. The van der Waals surface area contributed by atoms with Gasteiger partial charge in [0.25, 0.3) is 0 Å². The van der Waals surface area contributed by atoms with Crippen LogP contribution in [0.3, 0.4) is 0 Å². The molecule has 1 N–H and O–H groups in total. The molecular formula is C8H18NO+. The lowest BCUT2D eigenvalue weighted by atomic mass is 10.2. The van der Waals surface area contributed by atoms with Gasteiger partial charge in [-0.2, -0.15) is 0 Å². The Bertz CT molecular complexity index is 113. The van der Waals surface area contributed by atoms with Crippen molar-refractivity contribution in [2.45, 2.75) is 18.9 Å². The van der Waals surface area contributed by atoms with Crippen LogP contribution >= 0.6 is 0 Å². The molecule has 2 nitrogen and oxygen atoms in total. The molecule has 1 rings (SSSR count). The summed E-state index contributed by atoms with van der Waals surface area (Å²) in [6.07, 6.45) is 2.42. The van der Waals surface area contributed by atoms with Crippen LogP contribution in [-0.4, -0.2) is 43.4 Å². The summed E-state index contributed by atoms with van der Waals surface area (Å²) in [5.74, 6) is 0.623. The van der Waals surface area contributed by atoms with Crippen molar-refractivity contribution in [1.82, 2.24) is 0 Å². The van der Waals surface area contributed by atoms with Crippen LogP contribution in [0.4, 0.5) is 0 Å². The Hall–Kier alpha value is -0.0800. The Kier molecular flexibility index (Phi) is 2.02. The van der Waals surface area contributed by atoms with Gasteiger partial charge in [-0.15, -0.1) is 0 Å². The van der Waals surface area contributed by atoms with Crippen molar-refractivity contribution in [3.8, 4) is 0 Å². The van der Waals surface area contributed by atoms with Gasteiger partial charge in [-0.05, 0) is 18.8 Å². The van der Waals surface area contributed by atoms with Crippen LogP contribution < -0.4 is 0 Å². The van der Waals surface area contributed by atoms with Crippen LogP contribution in [0, 0.1) is 5.92 Å². The average Bonchev–Trinajstić information content (AvgIpc) is 2.35. The number of hydrogen-bond acceptors (Lipinski definition) is 1. The summed E-state index contributed by atoms with van der Waals surface area (Å²) in [6, 6.07) is 0. The zero-order valence-corrected chi connectivity index (χ0v) is 7.17. The molecule has 0 aromatic heterocycles. The van der Waals surface area contributed by atoms with E-state index in [1.165, 1.54) is 12.8 Å². The van der Waals surface area contributed by atoms with E-state index in [9.17, 15) is 5.11 Å². The van der Waals surface area contributed by atoms with E-state index in [1.54, 1.807) is 0 Å². The monoisotopic (exact) mass is 144 g/mol. The van der Waals surface area contributed by atoms with Crippen molar-refractivity contribution in [2.24, 2.45) is 5.92 Å². The normalized spacial score (nSPS) is 22.8. The van der Waals surface area contributed by atoms with Crippen molar-refractivity contribution >= 4 is 0 Å². The first-order valence-corrected chi connectivity index (χ1v) is 3.97. The van der Waals surface area contributed by atoms with Crippen molar-refractivity contribution in [2.75, 3.05) is 27.7 Å². The fourth-order valence-electron chi connectivity index (χ4n) is 1.19. The van der Waals surface area contributed by atoms with E-state index in [1.807, 2.05) is 0 Å². The zero-order chi connectivity index (χ0) is 7.78. The van der Waals surface area contributed by atoms with Gasteiger partial charge in [0.2, 0.25) is 0 Å². The first-order valence-electron chi connectivity index (χ1n) is 3.97. The van der Waals surface area contributed by atoms with Crippen LogP contribution in [0.5, 0.6) is 0 Å². The number of hydrogen-bond donors (Lipinski definition) is 1. The molecule has 1 aliphatic rings. The molecule has 0 radical (unpaired) electrons. The Morgan fingerprint density at radius 2 is 1.90 bits per heavy atom. The smallest absolute Gasteiger partial charge is 0.106 e. The van der Waals surface area contributed by atoms with Gasteiger partial charge in [0, 0.05) is 0 Å². The molecule has 10 heavy (non-hydrogen) atoms. The number of quaternary nitrogens is 1. The average molecular weight is 144 g/mol. The fraction of sp³-hybridized carbons (Fsp3) is 1.00. The van der Waals surface area contributed by atoms with Gasteiger partial charge in [-0.25, -0.2) is 0 Å². The summed E-state index contributed by atoms with van der Waals surface area (Å²) in [4.78, 5) is 0. The van der Waals surface area contributed by atoms with Crippen molar-refractivity contribution in [3.63, 3.8) is 0 Å². The van der Waals surface area contributed by atoms with Gasteiger partial charge in [0.15, 0.2) is 0 Å². The van der Waals surface area contributed by atoms with Gasteiger partial charge in [0.05, 0.1) is 21.1 Å². The number of aliphatic hydroxyl groups excluding tert-OH is 1. The highest BCUT2D eigenvalue weighted by molar-refractivity contribution is 4.80. The van der Waals surface area contributed by atoms with E-state index in [-0.39, 0.29) is 6.10 Å². The molecule has 0 spiro atoms. The Morgan fingerprint density at radius 3 is 2.20 bits per heavy atom. The molecule has 0 aromatic rings. The summed E-state index contributed by atoms with van der Waals surface area (Å²) < 4.78 is 0.873. The minimum absolute atomic E-state index is 0.0556. The quantitative estimate of drug-likeness (QED) is 0.571. The highest BCUT2D eigenvalue weighted by atomic mass is 16.3. The Balaban J connectivity index is 2.23. The second-order valence-corrected chi connectivity index (χ2v) is 4.38. The summed E-state index contributed by atoms with van der Waals surface area (Å²) >= 11 is 0. The summed E-state index contributed by atoms with van der Waals surface area (Å²) in [5, 5.41) is 9.51. The van der Waals surface area contributed by atoms with Gasteiger partial charge in [0.1, 0.15) is 12.6 Å². The maximum absolute atomic E-state index is 9.51. The van der Waals surface area contributed by atoms with Crippen LogP contribution in [0.15, 0.2) is 0 Å². The standard InChI is InChI=1S/C8H18NO/c1-9(2,3)6-8(10)7-4-5-7/h7-8,10H,4-6H2,1-3H3/q+1. The lowest BCUT2D eigenvalue weighted by molar-refractivity contribution is -0.873. The summed E-state index contributed by atoms with van der Waals surface area (Å²) in [7, 11) is 6.35. The van der Waals surface area contributed by atoms with E-state index in [0.29, 0.717) is 5.92 Å². The minimum Gasteiger partial charge on any atom is -0.387 e. The van der Waals surface area contributed by atoms with Gasteiger partial charge >= 0.3 is 0 Å². The molecule has 0 heterocycles. The van der Waals surface area contributed by atoms with Crippen molar-refractivity contribution < 1.29 is 9.59 Å². The fourth-order valence-corrected chi connectivity index (χ4v) is 1.19. The highest BCUT2D eigenvalue weighted by Gasteiger charge is 2.32. The number of rotatable bonds is 3. The molecule has 1 fully saturated rings. The van der Waals surface area contributed by atoms with Crippen LogP contribution in [0.1, 0.15) is 12.8 Å². The predicted molar refractivity (Wildman–Crippen MR) is 41.6 cm³/mol. The third-order valence-corrected chi connectivity index (χ3v) is 1.90. The molecule has 0 amide bonds. The molecule has 1 saturated carbocycles. The van der Waals surface area contributed by atoms with Crippen molar-refractivity contribution in [1.29, 1.82) is 0 Å². The van der Waals surface area contributed by atoms with E-state index in [0.717, 1.165) is 11.0 Å².